The minimum Gasteiger partial charge on any atom is -0.426 e. The van der Waals surface area contributed by atoms with Crippen LogP contribution in [0.3, 0.4) is 0 Å². The summed E-state index contributed by atoms with van der Waals surface area (Å²) in [4.78, 5) is 21.2. The molecule has 0 aliphatic heterocycles. The van der Waals surface area contributed by atoms with E-state index in [0.717, 1.165) is 43.4 Å². The third-order valence-electron chi connectivity index (χ3n) is 4.39. The average Bonchev–Trinajstić information content (AvgIpc) is 2.65. The second kappa shape index (κ2) is 9.92. The van der Waals surface area contributed by atoms with Gasteiger partial charge in [-0.1, -0.05) is 45.7 Å². The first-order chi connectivity index (χ1) is 12.1. The first kappa shape index (κ1) is 19.1. The number of rotatable bonds is 9. The summed E-state index contributed by atoms with van der Waals surface area (Å²) in [5.74, 6) is 1.47. The minimum atomic E-state index is -0.199. The van der Waals surface area contributed by atoms with E-state index < -0.39 is 0 Å². The van der Waals surface area contributed by atoms with Gasteiger partial charge in [0, 0.05) is 18.3 Å². The summed E-state index contributed by atoms with van der Waals surface area (Å²) in [6.07, 6.45) is 7.29. The quantitative estimate of drug-likeness (QED) is 0.464. The molecule has 0 aliphatic carbocycles. The monoisotopic (exact) mass is 340 g/mol. The summed E-state index contributed by atoms with van der Waals surface area (Å²) in [6.45, 7) is 6.45. The van der Waals surface area contributed by atoms with Gasteiger partial charge in [-0.25, -0.2) is 9.97 Å². The van der Waals surface area contributed by atoms with Crippen molar-refractivity contribution in [1.29, 1.82) is 0 Å². The molecule has 2 rings (SSSR count). The van der Waals surface area contributed by atoms with E-state index >= 15 is 0 Å². The summed E-state index contributed by atoms with van der Waals surface area (Å²) in [5.41, 5.74) is 1.78. The molecule has 1 atom stereocenters. The highest BCUT2D eigenvalue weighted by Gasteiger charge is 2.13. The van der Waals surface area contributed by atoms with Crippen LogP contribution in [0.25, 0.3) is 11.4 Å². The molecule has 1 unspecified atom stereocenters. The second-order valence-corrected chi connectivity index (χ2v) is 6.50. The molecule has 0 saturated heterocycles. The van der Waals surface area contributed by atoms with E-state index in [9.17, 15) is 4.79 Å². The lowest BCUT2D eigenvalue weighted by atomic mass is 10.0. The summed E-state index contributed by atoms with van der Waals surface area (Å²) in [7, 11) is 0. The van der Waals surface area contributed by atoms with E-state index in [2.05, 4.69) is 30.7 Å². The fourth-order valence-electron chi connectivity index (χ4n) is 2.51. The minimum absolute atomic E-state index is 0.199. The number of unbranched alkanes of at least 4 members (excludes halogenated alkanes) is 1. The van der Waals surface area contributed by atoms with Crippen LogP contribution in [0.1, 0.15) is 58.6 Å². The van der Waals surface area contributed by atoms with E-state index in [1.54, 1.807) is 12.3 Å². The SMILES string of the molecule is CCCCc1ccnc(-c2ccccc2OC(=O)CCC(C)CC)n1. The highest BCUT2D eigenvalue weighted by molar-refractivity contribution is 5.76. The fourth-order valence-corrected chi connectivity index (χ4v) is 2.51. The number of aryl methyl sites for hydroxylation is 1. The van der Waals surface area contributed by atoms with Crippen molar-refractivity contribution in [1.82, 2.24) is 9.97 Å². The zero-order valence-electron chi connectivity index (χ0n) is 15.5. The molecule has 0 fully saturated rings. The van der Waals surface area contributed by atoms with Gasteiger partial charge in [0.1, 0.15) is 5.75 Å². The van der Waals surface area contributed by atoms with Crippen LogP contribution < -0.4 is 4.74 Å². The van der Waals surface area contributed by atoms with Gasteiger partial charge in [-0.2, -0.15) is 0 Å². The third kappa shape index (κ3) is 5.96. The van der Waals surface area contributed by atoms with Crippen LogP contribution in [0, 0.1) is 5.92 Å². The molecule has 134 valence electrons. The van der Waals surface area contributed by atoms with Crippen LogP contribution in [0.4, 0.5) is 0 Å². The van der Waals surface area contributed by atoms with Gasteiger partial charge in [-0.3, -0.25) is 4.79 Å². The molecule has 0 spiro atoms. The maximum atomic E-state index is 12.2. The number of para-hydroxylation sites is 1. The Morgan fingerprint density at radius 1 is 1.20 bits per heavy atom. The maximum Gasteiger partial charge on any atom is 0.311 e. The largest absolute Gasteiger partial charge is 0.426 e. The highest BCUT2D eigenvalue weighted by atomic mass is 16.5. The zero-order chi connectivity index (χ0) is 18.1. The van der Waals surface area contributed by atoms with Gasteiger partial charge in [0.2, 0.25) is 0 Å². The molecule has 4 nitrogen and oxygen atoms in total. The van der Waals surface area contributed by atoms with Gasteiger partial charge in [-0.15, -0.1) is 0 Å². The molecule has 1 heterocycles. The number of hydrogen-bond donors (Lipinski definition) is 0. The molecule has 2 aromatic rings. The number of hydrogen-bond acceptors (Lipinski definition) is 4. The van der Waals surface area contributed by atoms with Gasteiger partial charge < -0.3 is 4.74 Å². The lowest BCUT2D eigenvalue weighted by molar-refractivity contribution is -0.134. The van der Waals surface area contributed by atoms with E-state index in [4.69, 9.17) is 4.74 Å². The Kier molecular flexibility index (Phi) is 7.58. The summed E-state index contributed by atoms with van der Waals surface area (Å²) in [6, 6.07) is 9.42. The summed E-state index contributed by atoms with van der Waals surface area (Å²) < 4.78 is 5.60. The number of esters is 1. The number of carbonyl (C=O) groups is 1. The maximum absolute atomic E-state index is 12.2. The number of nitrogens with zero attached hydrogens (tertiary/aromatic N) is 2. The van der Waals surface area contributed by atoms with Crippen LogP contribution in [0.5, 0.6) is 5.75 Å². The Labute approximate surface area is 150 Å². The van der Waals surface area contributed by atoms with Crippen LogP contribution in [-0.2, 0) is 11.2 Å². The molecule has 0 saturated carbocycles. The van der Waals surface area contributed by atoms with Crippen LogP contribution in [0.2, 0.25) is 0 Å². The Bertz CT molecular complexity index is 685. The van der Waals surface area contributed by atoms with E-state index in [-0.39, 0.29) is 5.97 Å². The lowest BCUT2D eigenvalue weighted by Gasteiger charge is -2.11. The van der Waals surface area contributed by atoms with Gasteiger partial charge >= 0.3 is 5.97 Å². The van der Waals surface area contributed by atoms with E-state index in [0.29, 0.717) is 23.9 Å². The molecule has 0 bridgehead atoms. The fraction of sp³-hybridized carbons (Fsp3) is 0.476. The number of ether oxygens (including phenoxy) is 1. The average molecular weight is 340 g/mol. The number of carbonyl (C=O) groups excluding carboxylic acids is 1. The van der Waals surface area contributed by atoms with Crippen molar-refractivity contribution in [3.63, 3.8) is 0 Å². The van der Waals surface area contributed by atoms with Gasteiger partial charge in [0.05, 0.1) is 5.56 Å². The zero-order valence-corrected chi connectivity index (χ0v) is 15.5. The molecule has 0 N–H and O–H groups in total. The summed E-state index contributed by atoms with van der Waals surface area (Å²) in [5, 5.41) is 0. The molecule has 1 aromatic heterocycles. The Hall–Kier alpha value is -2.23. The van der Waals surface area contributed by atoms with Crippen LogP contribution >= 0.6 is 0 Å². The van der Waals surface area contributed by atoms with Crippen molar-refractivity contribution >= 4 is 5.97 Å². The van der Waals surface area contributed by atoms with Crippen molar-refractivity contribution in [2.75, 3.05) is 0 Å². The molecule has 4 heteroatoms. The van der Waals surface area contributed by atoms with Gasteiger partial charge in [0.15, 0.2) is 5.82 Å². The molecule has 0 radical (unpaired) electrons. The first-order valence-electron chi connectivity index (χ1n) is 9.26. The Balaban J connectivity index is 2.13. The van der Waals surface area contributed by atoms with Crippen molar-refractivity contribution in [2.45, 2.75) is 59.3 Å². The van der Waals surface area contributed by atoms with Crippen LogP contribution in [-0.4, -0.2) is 15.9 Å². The van der Waals surface area contributed by atoms with Crippen molar-refractivity contribution in [3.8, 4) is 17.1 Å². The molecule has 25 heavy (non-hydrogen) atoms. The van der Waals surface area contributed by atoms with Crippen molar-refractivity contribution in [2.24, 2.45) is 5.92 Å². The Morgan fingerprint density at radius 3 is 2.76 bits per heavy atom. The standard InChI is InChI=1S/C21H28N2O2/c1-4-6-9-17-14-15-22-21(23-17)18-10-7-8-11-19(18)25-20(24)13-12-16(3)5-2/h7-8,10-11,14-16H,4-6,9,12-13H2,1-3H3. The summed E-state index contributed by atoms with van der Waals surface area (Å²) >= 11 is 0. The smallest absolute Gasteiger partial charge is 0.311 e. The van der Waals surface area contributed by atoms with Crippen molar-refractivity contribution < 1.29 is 9.53 Å². The lowest BCUT2D eigenvalue weighted by Crippen LogP contribution is -2.10. The predicted molar refractivity (Wildman–Crippen MR) is 100 cm³/mol. The third-order valence-corrected chi connectivity index (χ3v) is 4.39. The highest BCUT2D eigenvalue weighted by Crippen LogP contribution is 2.28. The first-order valence-corrected chi connectivity index (χ1v) is 9.26. The normalized spacial score (nSPS) is 12.0. The number of aromatic nitrogens is 2. The topological polar surface area (TPSA) is 52.1 Å². The van der Waals surface area contributed by atoms with E-state index in [1.165, 1.54) is 0 Å². The van der Waals surface area contributed by atoms with Crippen LogP contribution in [0.15, 0.2) is 36.5 Å². The Morgan fingerprint density at radius 2 is 2.00 bits per heavy atom. The molecular weight excluding hydrogens is 312 g/mol. The molecule has 1 aromatic carbocycles. The van der Waals surface area contributed by atoms with E-state index in [1.807, 2.05) is 24.3 Å². The second-order valence-electron chi connectivity index (χ2n) is 6.50. The van der Waals surface area contributed by atoms with Gasteiger partial charge in [0.25, 0.3) is 0 Å². The van der Waals surface area contributed by atoms with Gasteiger partial charge in [-0.05, 0) is 43.4 Å². The predicted octanol–water partition coefficient (Wildman–Crippen LogP) is 5.22. The molecule has 0 aliphatic rings. The molecule has 0 amide bonds. The number of benzene rings is 1. The molecular formula is C21H28N2O2. The van der Waals surface area contributed by atoms with Crippen molar-refractivity contribution in [3.05, 3.63) is 42.2 Å².